The lowest BCUT2D eigenvalue weighted by molar-refractivity contribution is -0.137. The van der Waals surface area contributed by atoms with Crippen molar-refractivity contribution in [3.05, 3.63) is 22.8 Å². The Morgan fingerprint density at radius 2 is 2.18 bits per heavy atom. The molecule has 1 atom stereocenters. The maximum atomic E-state index is 12.4. The third-order valence-electron chi connectivity index (χ3n) is 2.73. The number of halogens is 4. The van der Waals surface area contributed by atoms with Crippen LogP contribution in [-0.2, 0) is 11.0 Å². The molecule has 9 heteroatoms. The molecule has 5 nitrogen and oxygen atoms in total. The fourth-order valence-electron chi connectivity index (χ4n) is 1.58. The first-order valence-corrected chi connectivity index (χ1v) is 6.91. The van der Waals surface area contributed by atoms with E-state index < -0.39 is 11.7 Å². The van der Waals surface area contributed by atoms with Crippen molar-refractivity contribution in [1.29, 1.82) is 0 Å². The number of carbonyl (C=O) groups is 1. The molecule has 1 unspecified atom stereocenters. The van der Waals surface area contributed by atoms with Crippen LogP contribution in [0.25, 0.3) is 0 Å². The normalized spacial score (nSPS) is 12.8. The molecular formula is C13H17ClF3N3O2. The van der Waals surface area contributed by atoms with Gasteiger partial charge in [0.2, 0.25) is 11.8 Å². The number of carbonyl (C=O) groups excluding carboxylic acids is 1. The van der Waals surface area contributed by atoms with E-state index in [4.69, 9.17) is 16.3 Å². The molecule has 0 bridgehead atoms. The number of pyridine rings is 1. The van der Waals surface area contributed by atoms with Gasteiger partial charge in [-0.05, 0) is 13.1 Å². The number of alkyl halides is 3. The second-order valence-electron chi connectivity index (χ2n) is 4.61. The van der Waals surface area contributed by atoms with E-state index in [1.54, 1.807) is 14.0 Å². The Labute approximate surface area is 131 Å². The van der Waals surface area contributed by atoms with Gasteiger partial charge in [-0.15, -0.1) is 0 Å². The quantitative estimate of drug-likeness (QED) is 0.747. The molecule has 2 N–H and O–H groups in total. The number of nitrogens with one attached hydrogen (secondary N) is 2. The van der Waals surface area contributed by atoms with E-state index in [9.17, 15) is 18.0 Å². The minimum Gasteiger partial charge on any atom is -0.475 e. The molecule has 0 aromatic carbocycles. The molecule has 1 heterocycles. The highest BCUT2D eigenvalue weighted by atomic mass is 35.5. The van der Waals surface area contributed by atoms with Crippen LogP contribution in [0.3, 0.4) is 0 Å². The third kappa shape index (κ3) is 5.69. The molecule has 0 saturated carbocycles. The van der Waals surface area contributed by atoms with Gasteiger partial charge in [-0.1, -0.05) is 18.5 Å². The zero-order valence-electron chi connectivity index (χ0n) is 12.1. The van der Waals surface area contributed by atoms with Gasteiger partial charge in [-0.2, -0.15) is 13.2 Å². The van der Waals surface area contributed by atoms with E-state index >= 15 is 0 Å². The SMILES string of the molecule is CNCC(C)C(=O)NCCOc1ncc(C(F)(F)F)cc1Cl. The molecule has 1 aromatic heterocycles. The molecule has 1 aromatic rings. The van der Waals surface area contributed by atoms with Gasteiger partial charge in [0.1, 0.15) is 11.6 Å². The maximum Gasteiger partial charge on any atom is 0.417 e. The van der Waals surface area contributed by atoms with Crippen LogP contribution in [0.5, 0.6) is 5.88 Å². The molecular weight excluding hydrogens is 323 g/mol. The Kier molecular flexibility index (Phi) is 6.89. The Hall–Kier alpha value is -1.54. The second-order valence-corrected chi connectivity index (χ2v) is 5.01. The summed E-state index contributed by atoms with van der Waals surface area (Å²) in [4.78, 5) is 15.1. The highest BCUT2D eigenvalue weighted by molar-refractivity contribution is 6.31. The van der Waals surface area contributed by atoms with Crippen molar-refractivity contribution in [3.8, 4) is 5.88 Å². The highest BCUT2D eigenvalue weighted by Gasteiger charge is 2.31. The van der Waals surface area contributed by atoms with Crippen LogP contribution in [0.2, 0.25) is 5.02 Å². The third-order valence-corrected chi connectivity index (χ3v) is 3.00. The Morgan fingerprint density at radius 1 is 1.50 bits per heavy atom. The second kappa shape index (κ2) is 8.19. The van der Waals surface area contributed by atoms with E-state index in [0.29, 0.717) is 12.7 Å². The molecule has 0 radical (unpaired) electrons. The van der Waals surface area contributed by atoms with E-state index in [1.165, 1.54) is 0 Å². The first-order valence-electron chi connectivity index (χ1n) is 6.53. The summed E-state index contributed by atoms with van der Waals surface area (Å²) in [6, 6.07) is 0.747. The largest absolute Gasteiger partial charge is 0.475 e. The Morgan fingerprint density at radius 3 is 2.73 bits per heavy atom. The Balaban J connectivity index is 2.44. The lowest BCUT2D eigenvalue weighted by Gasteiger charge is -2.13. The maximum absolute atomic E-state index is 12.4. The number of hydrogen-bond donors (Lipinski definition) is 2. The van der Waals surface area contributed by atoms with Gasteiger partial charge >= 0.3 is 6.18 Å². The number of hydrogen-bond acceptors (Lipinski definition) is 4. The average Bonchev–Trinajstić information content (AvgIpc) is 2.43. The summed E-state index contributed by atoms with van der Waals surface area (Å²) in [5.74, 6) is -0.450. The van der Waals surface area contributed by atoms with Crippen molar-refractivity contribution in [2.45, 2.75) is 13.1 Å². The van der Waals surface area contributed by atoms with Crippen molar-refractivity contribution in [1.82, 2.24) is 15.6 Å². The molecule has 0 saturated heterocycles. The van der Waals surface area contributed by atoms with Crippen LogP contribution in [0.15, 0.2) is 12.3 Å². The van der Waals surface area contributed by atoms with Crippen LogP contribution in [0.1, 0.15) is 12.5 Å². The summed E-state index contributed by atoms with van der Waals surface area (Å²) in [6.07, 6.45) is -3.86. The van der Waals surface area contributed by atoms with Crippen molar-refractivity contribution in [2.75, 3.05) is 26.7 Å². The molecule has 0 fully saturated rings. The van der Waals surface area contributed by atoms with Gasteiger partial charge in [-0.25, -0.2) is 4.98 Å². The first kappa shape index (κ1) is 18.5. The molecule has 0 aliphatic rings. The van der Waals surface area contributed by atoms with E-state index in [2.05, 4.69) is 15.6 Å². The van der Waals surface area contributed by atoms with Crippen LogP contribution in [-0.4, -0.2) is 37.6 Å². The predicted octanol–water partition coefficient (Wildman–Crippen LogP) is 2.10. The van der Waals surface area contributed by atoms with Crippen molar-refractivity contribution in [2.24, 2.45) is 5.92 Å². The molecule has 0 aliphatic heterocycles. The van der Waals surface area contributed by atoms with Gasteiger partial charge in [-0.3, -0.25) is 4.79 Å². The Bertz CT molecular complexity index is 512. The van der Waals surface area contributed by atoms with E-state index in [0.717, 1.165) is 6.07 Å². The van der Waals surface area contributed by atoms with Gasteiger partial charge in [0, 0.05) is 18.7 Å². The van der Waals surface area contributed by atoms with Gasteiger partial charge in [0.15, 0.2) is 0 Å². The van der Waals surface area contributed by atoms with Crippen LogP contribution < -0.4 is 15.4 Å². The zero-order chi connectivity index (χ0) is 16.8. The first-order chi connectivity index (χ1) is 10.3. The summed E-state index contributed by atoms with van der Waals surface area (Å²) in [6.45, 7) is 2.56. The van der Waals surface area contributed by atoms with E-state index in [1.807, 2.05) is 0 Å². The number of ether oxygens (including phenoxy) is 1. The molecule has 1 amide bonds. The van der Waals surface area contributed by atoms with Gasteiger partial charge < -0.3 is 15.4 Å². The summed E-state index contributed by atoms with van der Waals surface area (Å²) in [5, 5.41) is 5.28. The zero-order valence-corrected chi connectivity index (χ0v) is 12.9. The lowest BCUT2D eigenvalue weighted by atomic mass is 10.1. The fraction of sp³-hybridized carbons (Fsp3) is 0.538. The number of nitrogens with zero attached hydrogens (tertiary/aromatic N) is 1. The molecule has 22 heavy (non-hydrogen) atoms. The topological polar surface area (TPSA) is 63.2 Å². The monoisotopic (exact) mass is 339 g/mol. The summed E-state index contributed by atoms with van der Waals surface area (Å²) >= 11 is 5.69. The van der Waals surface area contributed by atoms with Crippen molar-refractivity contribution < 1.29 is 22.7 Å². The van der Waals surface area contributed by atoms with Gasteiger partial charge in [0.05, 0.1) is 12.1 Å². The summed E-state index contributed by atoms with van der Waals surface area (Å²) in [5.41, 5.74) is -0.945. The van der Waals surface area contributed by atoms with Crippen LogP contribution in [0.4, 0.5) is 13.2 Å². The van der Waals surface area contributed by atoms with Crippen LogP contribution in [0, 0.1) is 5.92 Å². The molecule has 0 aliphatic carbocycles. The smallest absolute Gasteiger partial charge is 0.417 e. The average molecular weight is 340 g/mol. The van der Waals surface area contributed by atoms with Crippen molar-refractivity contribution in [3.63, 3.8) is 0 Å². The minimum atomic E-state index is -4.51. The van der Waals surface area contributed by atoms with Gasteiger partial charge in [0.25, 0.3) is 0 Å². The lowest BCUT2D eigenvalue weighted by Crippen LogP contribution is -2.36. The summed E-state index contributed by atoms with van der Waals surface area (Å²) < 4.78 is 42.5. The fourth-order valence-corrected chi connectivity index (χ4v) is 1.80. The van der Waals surface area contributed by atoms with Crippen molar-refractivity contribution >= 4 is 17.5 Å². The number of aromatic nitrogens is 1. The number of rotatable bonds is 7. The molecule has 124 valence electrons. The summed E-state index contributed by atoms with van der Waals surface area (Å²) in [7, 11) is 1.74. The standard InChI is InChI=1S/C13H17ClF3N3O2/c1-8(6-18-2)11(21)19-3-4-22-12-10(14)5-9(7-20-12)13(15,16)17/h5,7-8,18H,3-4,6H2,1-2H3,(H,19,21). The number of amides is 1. The van der Waals surface area contributed by atoms with E-state index in [-0.39, 0.29) is 35.9 Å². The predicted molar refractivity (Wildman–Crippen MR) is 75.8 cm³/mol. The minimum absolute atomic E-state index is 0.0517. The molecule has 0 spiro atoms. The highest BCUT2D eigenvalue weighted by Crippen LogP contribution is 2.32. The molecule has 1 rings (SSSR count). The van der Waals surface area contributed by atoms with Crippen LogP contribution >= 0.6 is 11.6 Å².